The van der Waals surface area contributed by atoms with Gasteiger partial charge in [0.1, 0.15) is 0 Å². The molecule has 3 heteroatoms. The van der Waals surface area contributed by atoms with E-state index in [-0.39, 0.29) is 0 Å². The van der Waals surface area contributed by atoms with E-state index in [1.54, 1.807) is 0 Å². The summed E-state index contributed by atoms with van der Waals surface area (Å²) in [6.45, 7) is 6.66. The molecule has 1 aromatic carbocycles. The molecule has 2 fully saturated rings. The molecular formula is C20H25N3. The van der Waals surface area contributed by atoms with Crippen molar-refractivity contribution in [1.29, 1.82) is 0 Å². The highest BCUT2D eigenvalue weighted by molar-refractivity contribution is 5.23. The summed E-state index contributed by atoms with van der Waals surface area (Å²) in [4.78, 5) is 9.82. The van der Waals surface area contributed by atoms with Crippen molar-refractivity contribution in [2.75, 3.05) is 26.7 Å². The summed E-state index contributed by atoms with van der Waals surface area (Å²) in [6.07, 6.45) is 0. The molecule has 0 aliphatic carbocycles. The fraction of sp³-hybridized carbons (Fsp3) is 0.450. The fourth-order valence-corrected chi connectivity index (χ4v) is 4.55. The number of pyridine rings is 1. The Morgan fingerprint density at radius 2 is 1.83 bits per heavy atom. The van der Waals surface area contributed by atoms with Crippen LogP contribution in [0.1, 0.15) is 23.0 Å². The van der Waals surface area contributed by atoms with Crippen LogP contribution in [0.2, 0.25) is 0 Å². The number of fused-ring (bicyclic) bond motifs is 1. The second-order valence-electron chi connectivity index (χ2n) is 7.18. The summed E-state index contributed by atoms with van der Waals surface area (Å²) in [5.74, 6) is 1.53. The predicted molar refractivity (Wildman–Crippen MR) is 93.0 cm³/mol. The van der Waals surface area contributed by atoms with Crippen LogP contribution in [-0.4, -0.2) is 41.5 Å². The quantitative estimate of drug-likeness (QED) is 0.868. The van der Waals surface area contributed by atoms with E-state index in [4.69, 9.17) is 0 Å². The first kappa shape index (κ1) is 14.9. The van der Waals surface area contributed by atoms with E-state index in [9.17, 15) is 0 Å². The molecule has 0 spiro atoms. The van der Waals surface area contributed by atoms with Crippen LogP contribution in [0, 0.1) is 18.8 Å². The van der Waals surface area contributed by atoms with Gasteiger partial charge in [-0.15, -0.1) is 0 Å². The van der Waals surface area contributed by atoms with Gasteiger partial charge in [0.05, 0.1) is 5.69 Å². The van der Waals surface area contributed by atoms with Gasteiger partial charge in [-0.25, -0.2) is 0 Å². The molecule has 0 saturated carbocycles. The van der Waals surface area contributed by atoms with Gasteiger partial charge in [0, 0.05) is 37.9 Å². The fourth-order valence-electron chi connectivity index (χ4n) is 4.55. The van der Waals surface area contributed by atoms with Gasteiger partial charge in [0.25, 0.3) is 0 Å². The summed E-state index contributed by atoms with van der Waals surface area (Å²) in [7, 11) is 2.28. The van der Waals surface area contributed by atoms with Crippen LogP contribution < -0.4 is 0 Å². The Kier molecular flexibility index (Phi) is 3.92. The first-order valence-corrected chi connectivity index (χ1v) is 8.61. The third kappa shape index (κ3) is 2.91. The lowest BCUT2D eigenvalue weighted by atomic mass is 9.90. The van der Waals surface area contributed by atoms with Gasteiger partial charge in [-0.1, -0.05) is 36.4 Å². The summed E-state index contributed by atoms with van der Waals surface area (Å²) in [5, 5.41) is 0. The maximum Gasteiger partial charge on any atom is 0.0547 e. The molecule has 3 heterocycles. The van der Waals surface area contributed by atoms with Gasteiger partial charge >= 0.3 is 0 Å². The third-order valence-electron chi connectivity index (χ3n) is 5.44. The molecule has 3 nitrogen and oxygen atoms in total. The summed E-state index contributed by atoms with van der Waals surface area (Å²) >= 11 is 0. The molecule has 0 bridgehead atoms. The van der Waals surface area contributed by atoms with Gasteiger partial charge in [-0.05, 0) is 43.5 Å². The molecule has 2 aromatic rings. The molecule has 0 unspecified atom stereocenters. The molecule has 1 aromatic heterocycles. The van der Waals surface area contributed by atoms with E-state index >= 15 is 0 Å². The lowest BCUT2D eigenvalue weighted by Crippen LogP contribution is -2.29. The number of benzene rings is 1. The van der Waals surface area contributed by atoms with Crippen LogP contribution in [0.3, 0.4) is 0 Å². The molecule has 0 N–H and O–H groups in total. The lowest BCUT2D eigenvalue weighted by molar-refractivity contribution is 0.223. The highest BCUT2D eigenvalue weighted by atomic mass is 15.2. The Labute approximate surface area is 139 Å². The second-order valence-corrected chi connectivity index (χ2v) is 7.18. The lowest BCUT2D eigenvalue weighted by Gasteiger charge is -2.26. The van der Waals surface area contributed by atoms with E-state index in [0.29, 0.717) is 6.04 Å². The van der Waals surface area contributed by atoms with E-state index in [2.05, 4.69) is 77.3 Å². The van der Waals surface area contributed by atoms with Crippen molar-refractivity contribution in [3.05, 3.63) is 65.5 Å². The highest BCUT2D eigenvalue weighted by Crippen LogP contribution is 2.44. The minimum absolute atomic E-state index is 0.566. The van der Waals surface area contributed by atoms with Crippen molar-refractivity contribution >= 4 is 0 Å². The van der Waals surface area contributed by atoms with Crippen molar-refractivity contribution in [2.45, 2.75) is 19.5 Å². The Balaban J connectivity index is 1.49. The standard InChI is InChI=1S/C20H25N3/c1-15-7-6-10-18(21-15)13-23-12-17-11-22(2)20(19(17)14-23)16-8-4-3-5-9-16/h3-10,17,19-20H,11-14H2,1-2H3/t17-,19+,20-/m0/s1. The van der Waals surface area contributed by atoms with Crippen LogP contribution in [0.4, 0.5) is 0 Å². The van der Waals surface area contributed by atoms with E-state index < -0.39 is 0 Å². The largest absolute Gasteiger partial charge is 0.299 e. The zero-order chi connectivity index (χ0) is 15.8. The highest BCUT2D eigenvalue weighted by Gasteiger charge is 2.45. The molecular weight excluding hydrogens is 282 g/mol. The van der Waals surface area contributed by atoms with Gasteiger partial charge in [-0.3, -0.25) is 14.8 Å². The smallest absolute Gasteiger partial charge is 0.0547 e. The number of nitrogens with zero attached hydrogens (tertiary/aromatic N) is 3. The van der Waals surface area contributed by atoms with Crippen LogP contribution in [0.5, 0.6) is 0 Å². The molecule has 2 aliphatic heterocycles. The zero-order valence-corrected chi connectivity index (χ0v) is 14.0. The molecule has 3 atom stereocenters. The predicted octanol–water partition coefficient (Wildman–Crippen LogP) is 3.12. The number of hydrogen-bond donors (Lipinski definition) is 0. The topological polar surface area (TPSA) is 19.4 Å². The first-order chi connectivity index (χ1) is 11.2. The van der Waals surface area contributed by atoms with Crippen LogP contribution in [-0.2, 0) is 6.54 Å². The number of rotatable bonds is 3. The van der Waals surface area contributed by atoms with Crippen molar-refractivity contribution in [3.8, 4) is 0 Å². The maximum absolute atomic E-state index is 4.67. The average Bonchev–Trinajstić information content (AvgIpc) is 3.03. The number of hydrogen-bond acceptors (Lipinski definition) is 3. The Bertz CT molecular complexity index is 670. The normalized spacial score (nSPS) is 28.2. The summed E-state index contributed by atoms with van der Waals surface area (Å²) < 4.78 is 0. The minimum Gasteiger partial charge on any atom is -0.299 e. The van der Waals surface area contributed by atoms with Crippen molar-refractivity contribution in [3.63, 3.8) is 0 Å². The number of likely N-dealkylation sites (tertiary alicyclic amines) is 2. The van der Waals surface area contributed by atoms with Crippen LogP contribution >= 0.6 is 0 Å². The molecule has 2 saturated heterocycles. The first-order valence-electron chi connectivity index (χ1n) is 8.61. The Morgan fingerprint density at radius 3 is 2.61 bits per heavy atom. The van der Waals surface area contributed by atoms with E-state index in [1.807, 2.05) is 0 Å². The Morgan fingerprint density at radius 1 is 1.00 bits per heavy atom. The summed E-state index contributed by atoms with van der Waals surface area (Å²) in [5.41, 5.74) is 3.79. The van der Waals surface area contributed by atoms with Crippen molar-refractivity contribution in [1.82, 2.24) is 14.8 Å². The number of aryl methyl sites for hydroxylation is 1. The van der Waals surface area contributed by atoms with Crippen molar-refractivity contribution < 1.29 is 0 Å². The Hall–Kier alpha value is -1.71. The van der Waals surface area contributed by atoms with Crippen LogP contribution in [0.25, 0.3) is 0 Å². The van der Waals surface area contributed by atoms with Gasteiger partial charge in [0.15, 0.2) is 0 Å². The molecule has 2 aliphatic rings. The monoisotopic (exact) mass is 307 g/mol. The zero-order valence-electron chi connectivity index (χ0n) is 14.0. The van der Waals surface area contributed by atoms with Crippen molar-refractivity contribution in [2.24, 2.45) is 11.8 Å². The maximum atomic E-state index is 4.67. The van der Waals surface area contributed by atoms with E-state index in [1.165, 1.54) is 30.9 Å². The molecule has 0 radical (unpaired) electrons. The average molecular weight is 307 g/mol. The van der Waals surface area contributed by atoms with Gasteiger partial charge in [0.2, 0.25) is 0 Å². The molecule has 0 amide bonds. The molecule has 4 rings (SSSR count). The molecule has 23 heavy (non-hydrogen) atoms. The second kappa shape index (κ2) is 6.06. The summed E-state index contributed by atoms with van der Waals surface area (Å²) in [6, 6.07) is 17.9. The van der Waals surface area contributed by atoms with E-state index in [0.717, 1.165) is 24.1 Å². The van der Waals surface area contributed by atoms with Gasteiger partial charge < -0.3 is 0 Å². The third-order valence-corrected chi connectivity index (χ3v) is 5.44. The SMILES string of the molecule is Cc1cccc(CN2C[C@@H]3CN(C)[C@@H](c4ccccc4)[C@@H]3C2)n1. The number of aromatic nitrogens is 1. The minimum atomic E-state index is 0.566. The van der Waals surface area contributed by atoms with Gasteiger partial charge in [-0.2, -0.15) is 0 Å². The molecule has 120 valence electrons. The van der Waals surface area contributed by atoms with Crippen LogP contribution in [0.15, 0.2) is 48.5 Å².